The zero-order chi connectivity index (χ0) is 11.3. The molecule has 15 heavy (non-hydrogen) atoms. The van der Waals surface area contributed by atoms with Gasteiger partial charge in [0.2, 0.25) is 5.91 Å². The maximum absolute atomic E-state index is 11.8. The number of nitrogens with zero attached hydrogens (tertiary/aromatic N) is 1. The number of rotatable bonds is 4. The summed E-state index contributed by atoms with van der Waals surface area (Å²) in [7, 11) is 0. The van der Waals surface area contributed by atoms with Crippen LogP contribution in [0.25, 0.3) is 0 Å². The first-order valence-electron chi connectivity index (χ1n) is 6.09. The monoisotopic (exact) mass is 213 g/mol. The Morgan fingerprint density at radius 2 is 2.33 bits per heavy atom. The zero-order valence-corrected chi connectivity index (χ0v) is 9.91. The van der Waals surface area contributed by atoms with Crippen molar-refractivity contribution in [3.63, 3.8) is 0 Å². The molecular weight excluding hydrogens is 190 g/mol. The van der Waals surface area contributed by atoms with E-state index >= 15 is 0 Å². The zero-order valence-electron chi connectivity index (χ0n) is 9.91. The van der Waals surface area contributed by atoms with Crippen molar-refractivity contribution in [2.24, 2.45) is 5.92 Å². The quantitative estimate of drug-likeness (QED) is 0.773. The second-order valence-corrected chi connectivity index (χ2v) is 4.64. The van der Waals surface area contributed by atoms with E-state index in [4.69, 9.17) is 5.11 Å². The molecule has 0 aromatic rings. The molecule has 3 heteroatoms. The highest BCUT2D eigenvalue weighted by atomic mass is 16.3. The van der Waals surface area contributed by atoms with Gasteiger partial charge in [-0.05, 0) is 32.1 Å². The first kappa shape index (κ1) is 12.5. The lowest BCUT2D eigenvalue weighted by molar-refractivity contribution is -0.133. The summed E-state index contributed by atoms with van der Waals surface area (Å²) in [5.41, 5.74) is 0. The van der Waals surface area contributed by atoms with Crippen LogP contribution in [0, 0.1) is 5.92 Å². The molecule has 1 aliphatic rings. The van der Waals surface area contributed by atoms with Crippen molar-refractivity contribution in [3.05, 3.63) is 0 Å². The highest BCUT2D eigenvalue weighted by molar-refractivity contribution is 5.76. The number of piperidine rings is 1. The van der Waals surface area contributed by atoms with Gasteiger partial charge in [-0.3, -0.25) is 4.79 Å². The molecule has 1 heterocycles. The Morgan fingerprint density at radius 3 is 2.93 bits per heavy atom. The molecular formula is C12H23NO2. The van der Waals surface area contributed by atoms with Gasteiger partial charge < -0.3 is 10.0 Å². The Hall–Kier alpha value is -0.570. The number of hydrogen-bond acceptors (Lipinski definition) is 2. The SMILES string of the molecule is CCC1CCCN(C(=O)CCC(C)O)C1. The topological polar surface area (TPSA) is 40.5 Å². The van der Waals surface area contributed by atoms with Gasteiger partial charge >= 0.3 is 0 Å². The normalized spacial score (nSPS) is 23.9. The lowest BCUT2D eigenvalue weighted by atomic mass is 9.95. The molecule has 2 atom stereocenters. The van der Waals surface area contributed by atoms with Crippen molar-refractivity contribution in [3.8, 4) is 0 Å². The number of carbonyl (C=O) groups excluding carboxylic acids is 1. The molecule has 0 aromatic heterocycles. The van der Waals surface area contributed by atoms with E-state index in [1.54, 1.807) is 6.92 Å². The highest BCUT2D eigenvalue weighted by Crippen LogP contribution is 2.19. The molecule has 1 amide bonds. The number of hydrogen-bond donors (Lipinski definition) is 1. The van der Waals surface area contributed by atoms with Gasteiger partial charge in [0, 0.05) is 19.5 Å². The van der Waals surface area contributed by atoms with Crippen LogP contribution < -0.4 is 0 Å². The predicted octanol–water partition coefficient (Wildman–Crippen LogP) is 1.80. The third kappa shape index (κ3) is 4.20. The van der Waals surface area contributed by atoms with Crippen LogP contribution in [0.15, 0.2) is 0 Å². The molecule has 3 nitrogen and oxygen atoms in total. The first-order valence-corrected chi connectivity index (χ1v) is 6.09. The molecule has 1 saturated heterocycles. The van der Waals surface area contributed by atoms with Gasteiger partial charge in [-0.2, -0.15) is 0 Å². The van der Waals surface area contributed by atoms with Crippen molar-refractivity contribution < 1.29 is 9.90 Å². The molecule has 1 fully saturated rings. The fourth-order valence-corrected chi connectivity index (χ4v) is 2.12. The number of amides is 1. The van der Waals surface area contributed by atoms with E-state index in [0.717, 1.165) is 19.5 Å². The Bertz CT molecular complexity index is 204. The second-order valence-electron chi connectivity index (χ2n) is 4.64. The van der Waals surface area contributed by atoms with Crippen LogP contribution in [-0.2, 0) is 4.79 Å². The average molecular weight is 213 g/mol. The van der Waals surface area contributed by atoms with Crippen LogP contribution in [0.1, 0.15) is 46.0 Å². The van der Waals surface area contributed by atoms with Crippen LogP contribution in [0.4, 0.5) is 0 Å². The standard InChI is InChI=1S/C12H23NO2/c1-3-11-5-4-8-13(9-11)12(15)7-6-10(2)14/h10-11,14H,3-9H2,1-2H3. The Labute approximate surface area is 92.5 Å². The van der Waals surface area contributed by atoms with Crippen LogP contribution in [-0.4, -0.2) is 35.1 Å². The van der Waals surface area contributed by atoms with Gasteiger partial charge in [-0.1, -0.05) is 13.3 Å². The molecule has 2 unspecified atom stereocenters. The summed E-state index contributed by atoms with van der Waals surface area (Å²) in [5, 5.41) is 9.13. The van der Waals surface area contributed by atoms with E-state index in [2.05, 4.69) is 6.92 Å². The molecule has 1 N–H and O–H groups in total. The van der Waals surface area contributed by atoms with E-state index in [1.807, 2.05) is 4.90 Å². The minimum absolute atomic E-state index is 0.217. The smallest absolute Gasteiger partial charge is 0.222 e. The minimum Gasteiger partial charge on any atom is -0.393 e. The minimum atomic E-state index is -0.360. The van der Waals surface area contributed by atoms with E-state index in [0.29, 0.717) is 18.8 Å². The summed E-state index contributed by atoms with van der Waals surface area (Å²) in [5.74, 6) is 0.906. The third-order valence-corrected chi connectivity index (χ3v) is 3.23. The molecule has 1 rings (SSSR count). The Morgan fingerprint density at radius 1 is 1.60 bits per heavy atom. The third-order valence-electron chi connectivity index (χ3n) is 3.23. The van der Waals surface area contributed by atoms with Crippen molar-refractivity contribution in [2.75, 3.05) is 13.1 Å². The van der Waals surface area contributed by atoms with Gasteiger partial charge in [0.05, 0.1) is 6.10 Å². The van der Waals surface area contributed by atoms with Crippen LogP contribution >= 0.6 is 0 Å². The summed E-state index contributed by atoms with van der Waals surface area (Å²) in [4.78, 5) is 13.8. The molecule has 1 aliphatic heterocycles. The van der Waals surface area contributed by atoms with E-state index in [1.165, 1.54) is 12.8 Å². The second kappa shape index (κ2) is 6.11. The fourth-order valence-electron chi connectivity index (χ4n) is 2.12. The molecule has 0 spiro atoms. The maximum atomic E-state index is 11.8. The summed E-state index contributed by atoms with van der Waals surface area (Å²) >= 11 is 0. The average Bonchev–Trinajstić information content (AvgIpc) is 2.26. The van der Waals surface area contributed by atoms with Gasteiger partial charge in [-0.15, -0.1) is 0 Å². The summed E-state index contributed by atoms with van der Waals surface area (Å²) in [6.45, 7) is 5.76. The predicted molar refractivity (Wildman–Crippen MR) is 60.5 cm³/mol. The summed E-state index contributed by atoms with van der Waals surface area (Å²) in [6.07, 6.45) is 4.29. The molecule has 88 valence electrons. The Kier molecular flexibility index (Phi) is 5.09. The largest absolute Gasteiger partial charge is 0.393 e. The number of aliphatic hydroxyl groups is 1. The van der Waals surface area contributed by atoms with Gasteiger partial charge in [0.15, 0.2) is 0 Å². The van der Waals surface area contributed by atoms with Crippen LogP contribution in [0.5, 0.6) is 0 Å². The highest BCUT2D eigenvalue weighted by Gasteiger charge is 2.22. The van der Waals surface area contributed by atoms with Crippen LogP contribution in [0.2, 0.25) is 0 Å². The van der Waals surface area contributed by atoms with Gasteiger partial charge in [-0.25, -0.2) is 0 Å². The number of likely N-dealkylation sites (tertiary alicyclic amines) is 1. The molecule has 0 bridgehead atoms. The first-order chi connectivity index (χ1) is 7.13. The van der Waals surface area contributed by atoms with Crippen molar-refractivity contribution in [1.29, 1.82) is 0 Å². The molecule has 0 radical (unpaired) electrons. The molecule has 0 aliphatic carbocycles. The van der Waals surface area contributed by atoms with E-state index in [9.17, 15) is 4.79 Å². The lowest BCUT2D eigenvalue weighted by Gasteiger charge is -2.32. The van der Waals surface area contributed by atoms with E-state index < -0.39 is 0 Å². The van der Waals surface area contributed by atoms with E-state index in [-0.39, 0.29) is 12.0 Å². The van der Waals surface area contributed by atoms with Gasteiger partial charge in [0.25, 0.3) is 0 Å². The van der Waals surface area contributed by atoms with Crippen molar-refractivity contribution in [2.45, 2.75) is 52.1 Å². The van der Waals surface area contributed by atoms with Crippen LogP contribution in [0.3, 0.4) is 0 Å². The Balaban J connectivity index is 2.32. The van der Waals surface area contributed by atoms with Crippen molar-refractivity contribution in [1.82, 2.24) is 4.90 Å². The number of aliphatic hydroxyl groups excluding tert-OH is 1. The number of carbonyl (C=O) groups is 1. The van der Waals surface area contributed by atoms with Gasteiger partial charge in [0.1, 0.15) is 0 Å². The lowest BCUT2D eigenvalue weighted by Crippen LogP contribution is -2.39. The molecule has 0 aromatic carbocycles. The van der Waals surface area contributed by atoms with Crippen molar-refractivity contribution >= 4 is 5.91 Å². The summed E-state index contributed by atoms with van der Waals surface area (Å²) < 4.78 is 0. The fraction of sp³-hybridized carbons (Fsp3) is 0.917. The molecule has 0 saturated carbocycles. The summed E-state index contributed by atoms with van der Waals surface area (Å²) in [6, 6.07) is 0. The maximum Gasteiger partial charge on any atom is 0.222 e.